The van der Waals surface area contributed by atoms with E-state index >= 15 is 0 Å². The van der Waals surface area contributed by atoms with Crippen LogP contribution in [0.3, 0.4) is 0 Å². The number of nitrogens with one attached hydrogen (secondary N) is 2. The summed E-state index contributed by atoms with van der Waals surface area (Å²) >= 11 is 0. The van der Waals surface area contributed by atoms with Gasteiger partial charge in [-0.15, -0.1) is 0 Å². The molecule has 90 valence electrons. The van der Waals surface area contributed by atoms with Crippen LogP contribution < -0.4 is 4.72 Å². The molecule has 5 nitrogen and oxygen atoms in total. The van der Waals surface area contributed by atoms with E-state index in [0.29, 0.717) is 5.69 Å². The van der Waals surface area contributed by atoms with Gasteiger partial charge in [-0.3, -0.25) is 4.72 Å². The van der Waals surface area contributed by atoms with Crippen molar-refractivity contribution in [1.82, 2.24) is 9.97 Å². The summed E-state index contributed by atoms with van der Waals surface area (Å²) in [4.78, 5) is 7.20. The highest BCUT2D eigenvalue weighted by atomic mass is 32.2. The van der Waals surface area contributed by atoms with E-state index in [1.54, 1.807) is 24.4 Å². The number of hydrogen-bond acceptors (Lipinski definition) is 3. The van der Waals surface area contributed by atoms with Crippen LogP contribution in [0, 0.1) is 6.92 Å². The van der Waals surface area contributed by atoms with Gasteiger partial charge in [-0.25, -0.2) is 13.4 Å². The van der Waals surface area contributed by atoms with Crippen molar-refractivity contribution in [3.8, 4) is 11.3 Å². The molecule has 1 aromatic heterocycles. The van der Waals surface area contributed by atoms with Crippen LogP contribution in [0.25, 0.3) is 11.3 Å². The number of aromatic amines is 1. The molecule has 0 atom stereocenters. The number of imidazole rings is 1. The van der Waals surface area contributed by atoms with Crippen LogP contribution in [0.5, 0.6) is 0 Å². The number of H-pyrrole nitrogens is 1. The minimum absolute atomic E-state index is 0.539. The Kier molecular flexibility index (Phi) is 2.89. The van der Waals surface area contributed by atoms with Gasteiger partial charge in [-0.1, -0.05) is 12.1 Å². The van der Waals surface area contributed by atoms with Gasteiger partial charge in [0.25, 0.3) is 0 Å². The van der Waals surface area contributed by atoms with Crippen molar-refractivity contribution in [3.63, 3.8) is 0 Å². The van der Waals surface area contributed by atoms with Crippen molar-refractivity contribution >= 4 is 15.7 Å². The quantitative estimate of drug-likeness (QED) is 0.872. The first-order valence-electron chi connectivity index (χ1n) is 5.04. The van der Waals surface area contributed by atoms with Crippen molar-refractivity contribution in [3.05, 3.63) is 36.3 Å². The number of benzene rings is 1. The van der Waals surface area contributed by atoms with Gasteiger partial charge in [0.2, 0.25) is 10.0 Å². The molecule has 17 heavy (non-hydrogen) atoms. The highest BCUT2D eigenvalue weighted by Crippen LogP contribution is 2.21. The minimum atomic E-state index is -3.25. The third-order valence-corrected chi connectivity index (χ3v) is 2.79. The van der Waals surface area contributed by atoms with Crippen molar-refractivity contribution in [1.29, 1.82) is 0 Å². The molecule has 2 rings (SSSR count). The van der Waals surface area contributed by atoms with Gasteiger partial charge in [-0.2, -0.15) is 0 Å². The lowest BCUT2D eigenvalue weighted by Crippen LogP contribution is -2.09. The number of sulfonamides is 1. The standard InChI is InChI=1S/C11H13N3O2S/c1-8-12-7-11(13-8)9-4-3-5-10(6-9)14-17(2,15)16/h3-7,14H,1-2H3,(H,12,13). The molecule has 0 aliphatic heterocycles. The van der Waals surface area contributed by atoms with Gasteiger partial charge in [-0.05, 0) is 19.1 Å². The molecule has 0 saturated carbocycles. The highest BCUT2D eigenvalue weighted by molar-refractivity contribution is 7.92. The Balaban J connectivity index is 2.35. The van der Waals surface area contributed by atoms with Gasteiger partial charge in [0.15, 0.2) is 0 Å². The lowest BCUT2D eigenvalue weighted by atomic mass is 10.1. The maximum absolute atomic E-state index is 11.1. The molecule has 0 bridgehead atoms. The topological polar surface area (TPSA) is 74.8 Å². The van der Waals surface area contributed by atoms with Crippen molar-refractivity contribution < 1.29 is 8.42 Å². The number of anilines is 1. The highest BCUT2D eigenvalue weighted by Gasteiger charge is 2.05. The molecule has 1 heterocycles. The van der Waals surface area contributed by atoms with E-state index in [4.69, 9.17) is 0 Å². The largest absolute Gasteiger partial charge is 0.342 e. The zero-order valence-electron chi connectivity index (χ0n) is 9.56. The van der Waals surface area contributed by atoms with E-state index in [1.807, 2.05) is 13.0 Å². The average molecular weight is 251 g/mol. The number of aryl methyl sites for hydroxylation is 1. The molecule has 1 aromatic carbocycles. The maximum atomic E-state index is 11.1. The molecule has 2 N–H and O–H groups in total. The first-order chi connectivity index (χ1) is 7.94. The van der Waals surface area contributed by atoms with Gasteiger partial charge in [0.1, 0.15) is 5.82 Å². The van der Waals surface area contributed by atoms with Gasteiger partial charge < -0.3 is 4.98 Å². The van der Waals surface area contributed by atoms with Crippen LogP contribution in [0.4, 0.5) is 5.69 Å². The van der Waals surface area contributed by atoms with E-state index in [0.717, 1.165) is 23.3 Å². The molecule has 6 heteroatoms. The molecule has 0 fully saturated rings. The summed E-state index contributed by atoms with van der Waals surface area (Å²) in [6.45, 7) is 1.86. The zero-order valence-corrected chi connectivity index (χ0v) is 10.4. The summed E-state index contributed by atoms with van der Waals surface area (Å²) < 4.78 is 24.7. The zero-order chi connectivity index (χ0) is 12.5. The summed E-state index contributed by atoms with van der Waals surface area (Å²) in [7, 11) is -3.25. The van der Waals surface area contributed by atoms with Crippen LogP contribution in [0.1, 0.15) is 5.82 Å². The predicted molar refractivity (Wildman–Crippen MR) is 67.2 cm³/mol. The lowest BCUT2D eigenvalue weighted by Gasteiger charge is -2.05. The van der Waals surface area contributed by atoms with E-state index in [9.17, 15) is 8.42 Å². The molecule has 0 aliphatic carbocycles. The third kappa shape index (κ3) is 3.07. The Hall–Kier alpha value is -1.82. The summed E-state index contributed by atoms with van der Waals surface area (Å²) in [6.07, 6.45) is 2.84. The molecule has 0 saturated heterocycles. The Morgan fingerprint density at radius 1 is 1.35 bits per heavy atom. The molecule has 0 spiro atoms. The Bertz CT molecular complexity index is 632. The molecule has 2 aromatic rings. The van der Waals surface area contributed by atoms with E-state index in [1.165, 1.54) is 0 Å². The monoisotopic (exact) mass is 251 g/mol. The predicted octanol–water partition coefficient (Wildman–Crippen LogP) is 1.76. The molecule has 0 unspecified atom stereocenters. The van der Waals surface area contributed by atoms with Crippen LogP contribution >= 0.6 is 0 Å². The maximum Gasteiger partial charge on any atom is 0.229 e. The fourth-order valence-electron chi connectivity index (χ4n) is 1.53. The van der Waals surface area contributed by atoms with Gasteiger partial charge >= 0.3 is 0 Å². The molecule has 0 amide bonds. The summed E-state index contributed by atoms with van der Waals surface area (Å²) in [6, 6.07) is 7.14. The number of rotatable bonds is 3. The fraction of sp³-hybridized carbons (Fsp3) is 0.182. The van der Waals surface area contributed by atoms with Crippen molar-refractivity contribution in [2.24, 2.45) is 0 Å². The second-order valence-electron chi connectivity index (χ2n) is 3.84. The SMILES string of the molecule is Cc1ncc(-c2cccc(NS(C)(=O)=O)c2)[nH]1. The van der Waals surface area contributed by atoms with Crippen LogP contribution in [0.2, 0.25) is 0 Å². The first kappa shape index (κ1) is 11.7. The van der Waals surface area contributed by atoms with Crippen LogP contribution in [-0.2, 0) is 10.0 Å². The Morgan fingerprint density at radius 2 is 2.12 bits per heavy atom. The summed E-state index contributed by atoms with van der Waals surface area (Å²) in [5.74, 6) is 0.821. The molecule has 0 radical (unpaired) electrons. The fourth-order valence-corrected chi connectivity index (χ4v) is 2.09. The second-order valence-corrected chi connectivity index (χ2v) is 5.59. The summed E-state index contributed by atoms with van der Waals surface area (Å²) in [5.41, 5.74) is 2.29. The van der Waals surface area contributed by atoms with Crippen LogP contribution in [-0.4, -0.2) is 24.6 Å². The number of aromatic nitrogens is 2. The smallest absolute Gasteiger partial charge is 0.229 e. The Labute approximate surface area is 100.0 Å². The molecular formula is C11H13N3O2S. The lowest BCUT2D eigenvalue weighted by molar-refractivity contribution is 0.607. The summed E-state index contributed by atoms with van der Waals surface area (Å²) in [5, 5.41) is 0. The second kappa shape index (κ2) is 4.21. The third-order valence-electron chi connectivity index (χ3n) is 2.18. The van der Waals surface area contributed by atoms with Gasteiger partial charge in [0.05, 0.1) is 18.1 Å². The van der Waals surface area contributed by atoms with E-state index in [-0.39, 0.29) is 0 Å². The van der Waals surface area contributed by atoms with Gasteiger partial charge in [0, 0.05) is 11.3 Å². The molecule has 0 aliphatic rings. The van der Waals surface area contributed by atoms with Crippen molar-refractivity contribution in [2.45, 2.75) is 6.92 Å². The van der Waals surface area contributed by atoms with Crippen LogP contribution in [0.15, 0.2) is 30.5 Å². The number of hydrogen-bond donors (Lipinski definition) is 2. The first-order valence-corrected chi connectivity index (χ1v) is 6.93. The van der Waals surface area contributed by atoms with E-state index < -0.39 is 10.0 Å². The van der Waals surface area contributed by atoms with E-state index in [2.05, 4.69) is 14.7 Å². The average Bonchev–Trinajstić information content (AvgIpc) is 2.63. The minimum Gasteiger partial charge on any atom is -0.342 e. The molecular weight excluding hydrogens is 238 g/mol. The number of nitrogens with zero attached hydrogens (tertiary/aromatic N) is 1. The normalized spacial score (nSPS) is 11.4. The Morgan fingerprint density at radius 3 is 2.71 bits per heavy atom. The van der Waals surface area contributed by atoms with Crippen molar-refractivity contribution in [2.75, 3.05) is 11.0 Å².